The summed E-state index contributed by atoms with van der Waals surface area (Å²) in [5.41, 5.74) is -0.0874. The molecule has 1 saturated carbocycles. The van der Waals surface area contributed by atoms with Gasteiger partial charge in [-0.25, -0.2) is 0 Å². The van der Waals surface area contributed by atoms with Crippen molar-refractivity contribution in [3.05, 3.63) is 22.6 Å². The SMILES string of the molecule is CC1(Cn2ccc(=O)nc2SCC(=O)O)CCCC1. The fourth-order valence-electron chi connectivity index (χ4n) is 2.57. The van der Waals surface area contributed by atoms with Crippen LogP contribution in [0.2, 0.25) is 0 Å². The van der Waals surface area contributed by atoms with Crippen LogP contribution in [0, 0.1) is 5.41 Å². The number of aromatic nitrogens is 2. The summed E-state index contributed by atoms with van der Waals surface area (Å²) in [6, 6.07) is 1.43. The summed E-state index contributed by atoms with van der Waals surface area (Å²) < 4.78 is 1.92. The van der Waals surface area contributed by atoms with Crippen molar-refractivity contribution in [2.24, 2.45) is 5.41 Å². The van der Waals surface area contributed by atoms with Crippen LogP contribution in [0.1, 0.15) is 32.6 Å². The summed E-state index contributed by atoms with van der Waals surface area (Å²) in [5, 5.41) is 9.24. The lowest BCUT2D eigenvalue weighted by molar-refractivity contribution is -0.133. The molecular weight excluding hydrogens is 264 g/mol. The average molecular weight is 282 g/mol. The van der Waals surface area contributed by atoms with E-state index in [9.17, 15) is 9.59 Å². The van der Waals surface area contributed by atoms with Crippen LogP contribution in [-0.2, 0) is 11.3 Å². The maximum Gasteiger partial charge on any atom is 0.313 e. The minimum Gasteiger partial charge on any atom is -0.481 e. The van der Waals surface area contributed by atoms with Crippen LogP contribution in [0.25, 0.3) is 0 Å². The molecule has 1 fully saturated rings. The Morgan fingerprint density at radius 2 is 2.21 bits per heavy atom. The molecule has 1 N–H and O–H groups in total. The van der Waals surface area contributed by atoms with Gasteiger partial charge in [0.05, 0.1) is 5.75 Å². The Balaban J connectivity index is 2.18. The highest BCUT2D eigenvalue weighted by molar-refractivity contribution is 7.99. The van der Waals surface area contributed by atoms with E-state index in [1.807, 2.05) is 4.57 Å². The van der Waals surface area contributed by atoms with Crippen molar-refractivity contribution in [1.29, 1.82) is 0 Å². The smallest absolute Gasteiger partial charge is 0.313 e. The molecule has 0 spiro atoms. The molecule has 0 atom stereocenters. The summed E-state index contributed by atoms with van der Waals surface area (Å²) in [4.78, 5) is 25.9. The zero-order valence-corrected chi connectivity index (χ0v) is 11.8. The molecule has 1 aliphatic carbocycles. The number of carboxylic acids is 1. The molecule has 0 amide bonds. The summed E-state index contributed by atoms with van der Waals surface area (Å²) in [6.45, 7) is 3.03. The maximum absolute atomic E-state index is 11.3. The topological polar surface area (TPSA) is 72.2 Å². The van der Waals surface area contributed by atoms with Gasteiger partial charge in [-0.3, -0.25) is 9.59 Å². The van der Waals surface area contributed by atoms with E-state index in [4.69, 9.17) is 5.11 Å². The number of carbonyl (C=O) groups is 1. The molecule has 0 aromatic carbocycles. The monoisotopic (exact) mass is 282 g/mol. The second-order valence-corrected chi connectivity index (χ2v) is 6.32. The van der Waals surface area contributed by atoms with Gasteiger partial charge in [0.1, 0.15) is 0 Å². The maximum atomic E-state index is 11.3. The Morgan fingerprint density at radius 1 is 1.53 bits per heavy atom. The first kappa shape index (κ1) is 14.1. The summed E-state index contributed by atoms with van der Waals surface area (Å²) in [7, 11) is 0. The molecule has 19 heavy (non-hydrogen) atoms. The van der Waals surface area contributed by atoms with Crippen LogP contribution in [0.5, 0.6) is 0 Å². The third kappa shape index (κ3) is 3.83. The van der Waals surface area contributed by atoms with Crippen molar-refractivity contribution >= 4 is 17.7 Å². The zero-order chi connectivity index (χ0) is 13.9. The quantitative estimate of drug-likeness (QED) is 0.660. The molecule has 0 unspecified atom stereocenters. The van der Waals surface area contributed by atoms with Gasteiger partial charge in [0, 0.05) is 18.8 Å². The largest absolute Gasteiger partial charge is 0.481 e. The first-order valence-electron chi connectivity index (χ1n) is 6.41. The van der Waals surface area contributed by atoms with E-state index in [0.29, 0.717) is 5.16 Å². The number of hydrogen-bond donors (Lipinski definition) is 1. The van der Waals surface area contributed by atoms with Crippen LogP contribution < -0.4 is 5.56 Å². The van der Waals surface area contributed by atoms with Crippen molar-refractivity contribution in [3.63, 3.8) is 0 Å². The number of carboxylic acid groups (broad SMARTS) is 1. The fraction of sp³-hybridized carbons (Fsp3) is 0.615. The van der Waals surface area contributed by atoms with Gasteiger partial charge in [-0.05, 0) is 18.3 Å². The van der Waals surface area contributed by atoms with Gasteiger partial charge in [-0.1, -0.05) is 31.5 Å². The Labute approximate surface area is 116 Å². The van der Waals surface area contributed by atoms with E-state index >= 15 is 0 Å². The molecule has 6 heteroatoms. The van der Waals surface area contributed by atoms with Gasteiger partial charge in [0.25, 0.3) is 5.56 Å². The Kier molecular flexibility index (Phi) is 4.29. The predicted molar refractivity (Wildman–Crippen MR) is 73.4 cm³/mol. The molecule has 0 radical (unpaired) electrons. The van der Waals surface area contributed by atoms with E-state index in [-0.39, 0.29) is 16.7 Å². The first-order chi connectivity index (χ1) is 8.98. The number of thioether (sulfide) groups is 1. The summed E-state index contributed by atoms with van der Waals surface area (Å²) in [6.07, 6.45) is 6.54. The minimum absolute atomic E-state index is 0.0762. The van der Waals surface area contributed by atoms with Crippen LogP contribution in [0.4, 0.5) is 0 Å². The third-order valence-electron chi connectivity index (χ3n) is 3.54. The van der Waals surface area contributed by atoms with E-state index in [1.54, 1.807) is 6.20 Å². The molecule has 0 aliphatic heterocycles. The molecule has 2 rings (SSSR count). The second-order valence-electron chi connectivity index (χ2n) is 5.38. The molecule has 0 saturated heterocycles. The fourth-order valence-corrected chi connectivity index (χ4v) is 3.27. The highest BCUT2D eigenvalue weighted by atomic mass is 32.2. The zero-order valence-electron chi connectivity index (χ0n) is 11.0. The van der Waals surface area contributed by atoms with Gasteiger partial charge < -0.3 is 9.67 Å². The van der Waals surface area contributed by atoms with E-state index < -0.39 is 5.97 Å². The Hall–Kier alpha value is -1.30. The van der Waals surface area contributed by atoms with Gasteiger partial charge in [-0.2, -0.15) is 4.98 Å². The van der Waals surface area contributed by atoms with E-state index in [2.05, 4.69) is 11.9 Å². The van der Waals surface area contributed by atoms with Crippen molar-refractivity contribution in [3.8, 4) is 0 Å². The number of rotatable bonds is 5. The molecular formula is C13H18N2O3S. The molecule has 1 aromatic heterocycles. The third-order valence-corrected chi connectivity index (χ3v) is 4.51. The molecule has 1 aliphatic rings. The van der Waals surface area contributed by atoms with Crippen LogP contribution in [-0.4, -0.2) is 26.4 Å². The van der Waals surface area contributed by atoms with Crippen molar-refractivity contribution in [1.82, 2.24) is 9.55 Å². The Morgan fingerprint density at radius 3 is 2.84 bits per heavy atom. The van der Waals surface area contributed by atoms with E-state index in [0.717, 1.165) is 18.3 Å². The standard InChI is InChI=1S/C13H18N2O3S/c1-13(5-2-3-6-13)9-15-7-4-10(16)14-12(15)19-8-11(17)18/h4,7H,2-3,5-6,8-9H2,1H3,(H,17,18). The van der Waals surface area contributed by atoms with Gasteiger partial charge in [-0.15, -0.1) is 0 Å². The Bertz CT molecular complexity index is 521. The van der Waals surface area contributed by atoms with Gasteiger partial charge in [0.2, 0.25) is 0 Å². The number of nitrogens with zero attached hydrogens (tertiary/aromatic N) is 2. The van der Waals surface area contributed by atoms with Crippen LogP contribution >= 0.6 is 11.8 Å². The normalized spacial score (nSPS) is 17.5. The predicted octanol–water partition coefficient (Wildman–Crippen LogP) is 2.00. The van der Waals surface area contributed by atoms with Crippen molar-refractivity contribution < 1.29 is 9.90 Å². The summed E-state index contributed by atoms with van der Waals surface area (Å²) >= 11 is 1.10. The lowest BCUT2D eigenvalue weighted by Gasteiger charge is -2.25. The minimum atomic E-state index is -0.901. The molecule has 1 heterocycles. The number of aliphatic carboxylic acids is 1. The van der Waals surface area contributed by atoms with Gasteiger partial charge in [0.15, 0.2) is 5.16 Å². The molecule has 104 valence electrons. The lowest BCUT2D eigenvalue weighted by Crippen LogP contribution is -2.23. The van der Waals surface area contributed by atoms with Gasteiger partial charge >= 0.3 is 5.97 Å². The first-order valence-corrected chi connectivity index (χ1v) is 7.39. The molecule has 1 aromatic rings. The van der Waals surface area contributed by atoms with E-state index in [1.165, 1.54) is 31.7 Å². The highest BCUT2D eigenvalue weighted by Gasteiger charge is 2.29. The highest BCUT2D eigenvalue weighted by Crippen LogP contribution is 2.39. The number of hydrogen-bond acceptors (Lipinski definition) is 4. The van der Waals surface area contributed by atoms with Crippen molar-refractivity contribution in [2.45, 2.75) is 44.3 Å². The average Bonchev–Trinajstić information content (AvgIpc) is 2.76. The van der Waals surface area contributed by atoms with Crippen molar-refractivity contribution in [2.75, 3.05) is 5.75 Å². The lowest BCUT2D eigenvalue weighted by atomic mass is 9.89. The van der Waals surface area contributed by atoms with Crippen LogP contribution in [0.3, 0.4) is 0 Å². The van der Waals surface area contributed by atoms with Crippen LogP contribution in [0.15, 0.2) is 22.2 Å². The molecule has 5 nitrogen and oxygen atoms in total. The summed E-state index contributed by atoms with van der Waals surface area (Å²) in [5.74, 6) is -0.977. The molecule has 0 bridgehead atoms. The second kappa shape index (κ2) is 5.77.